The van der Waals surface area contributed by atoms with Crippen LogP contribution in [0.1, 0.15) is 16.0 Å². The number of aromatic nitrogens is 1. The van der Waals surface area contributed by atoms with Crippen LogP contribution in [0, 0.1) is 6.92 Å². The zero-order valence-corrected chi connectivity index (χ0v) is 7.87. The fraction of sp³-hybridized carbons (Fsp3) is 0.571. The van der Waals surface area contributed by atoms with E-state index in [4.69, 9.17) is 0 Å². The van der Waals surface area contributed by atoms with Crippen molar-refractivity contribution in [2.24, 2.45) is 0 Å². The van der Waals surface area contributed by atoms with Crippen LogP contribution >= 0.6 is 11.3 Å². The quantitative estimate of drug-likeness (QED) is 0.750. The standard InChI is InChI=1S/C7H8F3NOS/c1-4-11-3-5(13-4)6(12-2)7(8,9)10/h3,6H,1-2H3/t6-/m1/s1. The Balaban J connectivity index is 2.91. The van der Waals surface area contributed by atoms with Crippen LogP contribution in [-0.2, 0) is 4.74 Å². The highest BCUT2D eigenvalue weighted by molar-refractivity contribution is 7.11. The zero-order chi connectivity index (χ0) is 10.1. The molecule has 0 amide bonds. The van der Waals surface area contributed by atoms with Crippen molar-refractivity contribution >= 4 is 11.3 Å². The van der Waals surface area contributed by atoms with Crippen molar-refractivity contribution in [1.29, 1.82) is 0 Å². The largest absolute Gasteiger partial charge is 0.419 e. The topological polar surface area (TPSA) is 22.1 Å². The summed E-state index contributed by atoms with van der Waals surface area (Å²) in [6, 6.07) is 0. The Kier molecular flexibility index (Phi) is 2.92. The highest BCUT2D eigenvalue weighted by Gasteiger charge is 2.42. The maximum absolute atomic E-state index is 12.3. The van der Waals surface area contributed by atoms with E-state index in [1.54, 1.807) is 6.92 Å². The summed E-state index contributed by atoms with van der Waals surface area (Å²) in [7, 11) is 1.03. The van der Waals surface area contributed by atoms with Crippen LogP contribution in [0.5, 0.6) is 0 Å². The van der Waals surface area contributed by atoms with Gasteiger partial charge in [-0.15, -0.1) is 11.3 Å². The van der Waals surface area contributed by atoms with Gasteiger partial charge < -0.3 is 4.74 Å². The van der Waals surface area contributed by atoms with Gasteiger partial charge in [-0.3, -0.25) is 0 Å². The molecular weight excluding hydrogens is 203 g/mol. The first-order valence-corrected chi connectivity index (χ1v) is 4.28. The molecule has 1 rings (SSSR count). The van der Waals surface area contributed by atoms with E-state index >= 15 is 0 Å². The van der Waals surface area contributed by atoms with E-state index in [-0.39, 0.29) is 4.88 Å². The molecule has 0 saturated carbocycles. The Hall–Kier alpha value is -0.620. The summed E-state index contributed by atoms with van der Waals surface area (Å²) in [5.74, 6) is 0. The highest BCUT2D eigenvalue weighted by Crippen LogP contribution is 2.37. The minimum Gasteiger partial charge on any atom is -0.366 e. The molecule has 0 bridgehead atoms. The molecule has 1 aromatic heterocycles. The van der Waals surface area contributed by atoms with E-state index in [0.29, 0.717) is 5.01 Å². The first kappa shape index (κ1) is 10.5. The summed E-state index contributed by atoms with van der Waals surface area (Å²) in [6.45, 7) is 1.65. The van der Waals surface area contributed by atoms with E-state index in [2.05, 4.69) is 9.72 Å². The van der Waals surface area contributed by atoms with Crippen LogP contribution in [-0.4, -0.2) is 18.3 Å². The second-order valence-electron chi connectivity index (χ2n) is 2.44. The van der Waals surface area contributed by atoms with Crippen LogP contribution in [0.3, 0.4) is 0 Å². The first-order chi connectivity index (χ1) is 5.95. The molecule has 0 aliphatic rings. The molecule has 0 fully saturated rings. The number of hydrogen-bond acceptors (Lipinski definition) is 3. The Labute approximate surface area is 77.4 Å². The minimum atomic E-state index is -4.37. The number of halogens is 3. The number of methoxy groups -OCH3 is 1. The molecule has 13 heavy (non-hydrogen) atoms. The van der Waals surface area contributed by atoms with Crippen LogP contribution in [0.2, 0.25) is 0 Å². The number of alkyl halides is 3. The Morgan fingerprint density at radius 1 is 1.54 bits per heavy atom. The molecule has 6 heteroatoms. The lowest BCUT2D eigenvalue weighted by Crippen LogP contribution is -2.21. The van der Waals surface area contributed by atoms with Crippen LogP contribution in [0.15, 0.2) is 6.20 Å². The van der Waals surface area contributed by atoms with Gasteiger partial charge in [0, 0.05) is 13.3 Å². The molecular formula is C7H8F3NOS. The summed E-state index contributed by atoms with van der Waals surface area (Å²) in [4.78, 5) is 3.83. The number of nitrogens with zero attached hydrogens (tertiary/aromatic N) is 1. The summed E-state index contributed by atoms with van der Waals surface area (Å²) in [5, 5.41) is 0.598. The number of aryl methyl sites for hydroxylation is 1. The molecule has 1 heterocycles. The van der Waals surface area contributed by atoms with Gasteiger partial charge >= 0.3 is 6.18 Å². The zero-order valence-electron chi connectivity index (χ0n) is 7.05. The smallest absolute Gasteiger partial charge is 0.366 e. The molecule has 0 spiro atoms. The van der Waals surface area contributed by atoms with Crippen LogP contribution in [0.25, 0.3) is 0 Å². The van der Waals surface area contributed by atoms with Crippen molar-refractivity contribution in [2.45, 2.75) is 19.2 Å². The highest BCUT2D eigenvalue weighted by atomic mass is 32.1. The van der Waals surface area contributed by atoms with Crippen molar-refractivity contribution in [3.8, 4) is 0 Å². The summed E-state index contributed by atoms with van der Waals surface area (Å²) < 4.78 is 41.2. The third kappa shape index (κ3) is 2.41. The number of rotatable bonds is 2. The predicted molar refractivity (Wildman–Crippen MR) is 42.7 cm³/mol. The summed E-state index contributed by atoms with van der Waals surface area (Å²) in [5.41, 5.74) is 0. The maximum Gasteiger partial charge on any atom is 0.419 e. The third-order valence-corrected chi connectivity index (χ3v) is 2.39. The lowest BCUT2D eigenvalue weighted by molar-refractivity contribution is -0.214. The van der Waals surface area contributed by atoms with Crippen molar-refractivity contribution in [2.75, 3.05) is 7.11 Å². The van der Waals surface area contributed by atoms with E-state index in [1.165, 1.54) is 6.20 Å². The predicted octanol–water partition coefficient (Wildman–Crippen LogP) is 2.70. The normalized spacial score (nSPS) is 14.5. The van der Waals surface area contributed by atoms with Crippen molar-refractivity contribution < 1.29 is 17.9 Å². The molecule has 1 atom stereocenters. The Morgan fingerprint density at radius 3 is 2.46 bits per heavy atom. The van der Waals surface area contributed by atoms with E-state index in [9.17, 15) is 13.2 Å². The molecule has 0 N–H and O–H groups in total. The molecule has 0 aliphatic heterocycles. The van der Waals surface area contributed by atoms with Gasteiger partial charge in [-0.2, -0.15) is 13.2 Å². The van der Waals surface area contributed by atoms with Gasteiger partial charge in [-0.25, -0.2) is 4.98 Å². The second kappa shape index (κ2) is 3.63. The lowest BCUT2D eigenvalue weighted by atomic mass is 10.3. The van der Waals surface area contributed by atoms with Gasteiger partial charge in [0.05, 0.1) is 9.88 Å². The molecule has 0 unspecified atom stereocenters. The number of thiazole rings is 1. The maximum atomic E-state index is 12.3. The Morgan fingerprint density at radius 2 is 2.15 bits per heavy atom. The van der Waals surface area contributed by atoms with Gasteiger partial charge in [0.1, 0.15) is 0 Å². The molecule has 0 aromatic carbocycles. The third-order valence-electron chi connectivity index (χ3n) is 1.43. The SMILES string of the molecule is CO[C@H](c1cnc(C)s1)C(F)(F)F. The van der Waals surface area contributed by atoms with Crippen molar-refractivity contribution in [3.05, 3.63) is 16.1 Å². The number of ether oxygens (including phenoxy) is 1. The molecule has 1 aromatic rings. The van der Waals surface area contributed by atoms with Gasteiger partial charge in [-0.05, 0) is 6.92 Å². The fourth-order valence-corrected chi connectivity index (χ4v) is 1.80. The molecule has 2 nitrogen and oxygen atoms in total. The average Bonchev–Trinajstić information content (AvgIpc) is 2.34. The summed E-state index contributed by atoms with van der Waals surface area (Å²) in [6.07, 6.45) is -5.02. The second-order valence-corrected chi connectivity index (χ2v) is 3.71. The van der Waals surface area contributed by atoms with Crippen molar-refractivity contribution in [3.63, 3.8) is 0 Å². The molecule has 0 radical (unpaired) electrons. The number of hydrogen-bond donors (Lipinski definition) is 0. The van der Waals surface area contributed by atoms with Gasteiger partial charge in [0.2, 0.25) is 0 Å². The van der Waals surface area contributed by atoms with Gasteiger partial charge in [-0.1, -0.05) is 0 Å². The molecule has 0 aliphatic carbocycles. The van der Waals surface area contributed by atoms with Gasteiger partial charge in [0.15, 0.2) is 6.10 Å². The van der Waals surface area contributed by atoms with E-state index < -0.39 is 12.3 Å². The minimum absolute atomic E-state index is 0.0903. The Bertz CT molecular complexity index is 284. The van der Waals surface area contributed by atoms with Crippen LogP contribution < -0.4 is 0 Å². The summed E-state index contributed by atoms with van der Waals surface area (Å²) >= 11 is 0.991. The van der Waals surface area contributed by atoms with Gasteiger partial charge in [0.25, 0.3) is 0 Å². The van der Waals surface area contributed by atoms with E-state index in [0.717, 1.165) is 18.4 Å². The first-order valence-electron chi connectivity index (χ1n) is 3.47. The molecule has 0 saturated heterocycles. The fourth-order valence-electron chi connectivity index (χ4n) is 0.910. The lowest BCUT2D eigenvalue weighted by Gasteiger charge is -2.16. The average molecular weight is 211 g/mol. The van der Waals surface area contributed by atoms with Crippen molar-refractivity contribution in [1.82, 2.24) is 4.98 Å². The van der Waals surface area contributed by atoms with Crippen LogP contribution in [0.4, 0.5) is 13.2 Å². The monoisotopic (exact) mass is 211 g/mol. The molecule has 74 valence electrons. The van der Waals surface area contributed by atoms with E-state index in [1.807, 2.05) is 0 Å².